The fourth-order valence-electron chi connectivity index (χ4n) is 3.17. The van der Waals surface area contributed by atoms with E-state index in [2.05, 4.69) is 56.2 Å². The summed E-state index contributed by atoms with van der Waals surface area (Å²) >= 11 is 0. The highest BCUT2D eigenvalue weighted by Crippen LogP contribution is 2.33. The molecule has 128 valence electrons. The first-order valence-corrected chi connectivity index (χ1v) is 8.77. The first-order valence-electron chi connectivity index (χ1n) is 8.77. The Labute approximate surface area is 149 Å². The number of nitrogens with zero attached hydrogens (tertiary/aromatic N) is 1. The lowest BCUT2D eigenvalue weighted by Crippen LogP contribution is -2.17. The Balaban J connectivity index is 2.06. The number of aromatic nitrogens is 1. The Hall–Kier alpha value is -2.68. The predicted molar refractivity (Wildman–Crippen MR) is 104 cm³/mol. The van der Waals surface area contributed by atoms with Crippen LogP contribution in [-0.4, -0.2) is 10.9 Å². The number of rotatable bonds is 4. The molecule has 25 heavy (non-hydrogen) atoms. The summed E-state index contributed by atoms with van der Waals surface area (Å²) in [4.78, 5) is 17.3. The number of amides is 1. The summed E-state index contributed by atoms with van der Waals surface area (Å²) in [5.41, 5.74) is 3.69. The number of hydrogen-bond acceptors (Lipinski definition) is 2. The Kier molecular flexibility index (Phi) is 4.84. The minimum Gasteiger partial charge on any atom is -0.320 e. The molecular formula is C22H24N2O. The third-order valence-electron chi connectivity index (χ3n) is 4.50. The first-order chi connectivity index (χ1) is 12.0. The summed E-state index contributed by atoms with van der Waals surface area (Å²) in [6, 6.07) is 16.0. The lowest BCUT2D eigenvalue weighted by atomic mass is 9.92. The maximum absolute atomic E-state index is 13.0. The molecule has 0 aliphatic carbocycles. The zero-order valence-corrected chi connectivity index (χ0v) is 15.2. The first kappa shape index (κ1) is 17.2. The summed E-state index contributed by atoms with van der Waals surface area (Å²) in [5.74, 6) is 0.496. The van der Waals surface area contributed by atoms with Crippen LogP contribution in [0.4, 0.5) is 5.69 Å². The van der Waals surface area contributed by atoms with Crippen molar-refractivity contribution in [2.75, 3.05) is 5.32 Å². The molecule has 2 aromatic carbocycles. The van der Waals surface area contributed by atoms with Crippen LogP contribution >= 0.6 is 0 Å². The quantitative estimate of drug-likeness (QED) is 0.662. The van der Waals surface area contributed by atoms with Gasteiger partial charge in [0.25, 0.3) is 5.91 Å². The number of fused-ring (bicyclic) bond motifs is 1. The zero-order valence-electron chi connectivity index (χ0n) is 15.2. The summed E-state index contributed by atoms with van der Waals surface area (Å²) < 4.78 is 0. The lowest BCUT2D eigenvalue weighted by molar-refractivity contribution is 0.102. The molecule has 0 spiro atoms. The molecule has 1 heterocycles. The molecule has 1 amide bonds. The van der Waals surface area contributed by atoms with Crippen LogP contribution in [0.1, 0.15) is 61.1 Å². The van der Waals surface area contributed by atoms with Crippen LogP contribution in [0.2, 0.25) is 0 Å². The molecule has 3 aromatic rings. The maximum Gasteiger partial charge on any atom is 0.274 e. The van der Waals surface area contributed by atoms with Crippen LogP contribution < -0.4 is 5.32 Å². The van der Waals surface area contributed by atoms with Crippen molar-refractivity contribution in [1.29, 1.82) is 0 Å². The Bertz CT molecular complexity index is 881. The normalized spacial score (nSPS) is 11.3. The molecule has 0 aliphatic heterocycles. The number of para-hydroxylation sites is 1. The van der Waals surface area contributed by atoms with Gasteiger partial charge in [0, 0.05) is 17.3 Å². The minimum absolute atomic E-state index is 0.160. The summed E-state index contributed by atoms with van der Waals surface area (Å²) in [5, 5.41) is 5.04. The highest BCUT2D eigenvalue weighted by atomic mass is 16.1. The van der Waals surface area contributed by atoms with E-state index in [-0.39, 0.29) is 5.91 Å². The molecule has 3 rings (SSSR count). The second-order valence-electron chi connectivity index (χ2n) is 6.96. The number of anilines is 1. The van der Waals surface area contributed by atoms with Crippen molar-refractivity contribution in [3.63, 3.8) is 0 Å². The number of carbonyl (C=O) groups excluding carboxylic acids is 1. The smallest absolute Gasteiger partial charge is 0.274 e. The van der Waals surface area contributed by atoms with Crippen molar-refractivity contribution in [2.45, 2.75) is 39.5 Å². The van der Waals surface area contributed by atoms with Crippen molar-refractivity contribution in [3.8, 4) is 0 Å². The third-order valence-corrected chi connectivity index (χ3v) is 4.50. The monoisotopic (exact) mass is 332 g/mol. The van der Waals surface area contributed by atoms with Crippen LogP contribution in [0.15, 0.2) is 54.7 Å². The summed E-state index contributed by atoms with van der Waals surface area (Å²) in [7, 11) is 0. The fraction of sp³-hybridized carbons (Fsp3) is 0.273. The lowest BCUT2D eigenvalue weighted by Gasteiger charge is -2.20. The molecule has 0 bridgehead atoms. The van der Waals surface area contributed by atoms with Gasteiger partial charge in [-0.15, -0.1) is 0 Å². The molecule has 1 aromatic heterocycles. The van der Waals surface area contributed by atoms with Crippen LogP contribution in [-0.2, 0) is 0 Å². The standard InChI is InChI=1S/C22H24N2O/c1-14(2)17-10-7-11-18(15(3)4)20(17)24-22(25)21-19-9-6-5-8-16(19)12-13-23-21/h5-15H,1-4H3,(H,24,25). The van der Waals surface area contributed by atoms with E-state index in [1.54, 1.807) is 6.20 Å². The van der Waals surface area contributed by atoms with Crippen LogP contribution in [0.5, 0.6) is 0 Å². The Morgan fingerprint density at radius 1 is 0.880 bits per heavy atom. The molecule has 3 heteroatoms. The highest BCUT2D eigenvalue weighted by Gasteiger charge is 2.18. The molecule has 1 N–H and O–H groups in total. The van der Waals surface area contributed by atoms with Crippen molar-refractivity contribution in [2.24, 2.45) is 0 Å². The summed E-state index contributed by atoms with van der Waals surface area (Å²) in [6.45, 7) is 8.58. The van der Waals surface area contributed by atoms with Gasteiger partial charge in [-0.2, -0.15) is 0 Å². The second kappa shape index (κ2) is 7.06. The van der Waals surface area contributed by atoms with E-state index in [4.69, 9.17) is 0 Å². The molecule has 0 radical (unpaired) electrons. The van der Waals surface area contributed by atoms with E-state index >= 15 is 0 Å². The van der Waals surface area contributed by atoms with Gasteiger partial charge in [-0.3, -0.25) is 9.78 Å². The number of pyridine rings is 1. The van der Waals surface area contributed by atoms with E-state index in [0.717, 1.165) is 27.6 Å². The molecule has 0 aliphatic rings. The number of benzene rings is 2. The van der Waals surface area contributed by atoms with Gasteiger partial charge < -0.3 is 5.32 Å². The zero-order chi connectivity index (χ0) is 18.0. The minimum atomic E-state index is -0.160. The van der Waals surface area contributed by atoms with Gasteiger partial charge in [0.05, 0.1) is 0 Å². The fourth-order valence-corrected chi connectivity index (χ4v) is 3.17. The van der Waals surface area contributed by atoms with E-state index in [1.807, 2.05) is 30.3 Å². The molecule has 0 fully saturated rings. The average molecular weight is 332 g/mol. The van der Waals surface area contributed by atoms with E-state index in [9.17, 15) is 4.79 Å². The SMILES string of the molecule is CC(C)c1cccc(C(C)C)c1NC(=O)c1nccc2ccccc12. The summed E-state index contributed by atoms with van der Waals surface area (Å²) in [6.07, 6.45) is 1.69. The Morgan fingerprint density at radius 2 is 1.52 bits per heavy atom. The van der Waals surface area contributed by atoms with Crippen molar-refractivity contribution in [3.05, 3.63) is 71.5 Å². The molecule has 3 nitrogen and oxygen atoms in total. The topological polar surface area (TPSA) is 42.0 Å². The highest BCUT2D eigenvalue weighted by molar-refractivity contribution is 6.11. The van der Waals surface area contributed by atoms with Crippen molar-refractivity contribution < 1.29 is 4.79 Å². The molecular weight excluding hydrogens is 308 g/mol. The van der Waals surface area contributed by atoms with Gasteiger partial charge in [0.2, 0.25) is 0 Å². The Morgan fingerprint density at radius 3 is 2.16 bits per heavy atom. The van der Waals surface area contributed by atoms with Crippen LogP contribution in [0, 0.1) is 0 Å². The predicted octanol–water partition coefficient (Wildman–Crippen LogP) is 5.73. The van der Waals surface area contributed by atoms with Gasteiger partial charge in [-0.05, 0) is 34.4 Å². The van der Waals surface area contributed by atoms with Gasteiger partial charge in [-0.25, -0.2) is 0 Å². The largest absolute Gasteiger partial charge is 0.320 e. The molecule has 0 saturated carbocycles. The van der Waals surface area contributed by atoms with Gasteiger partial charge in [0.1, 0.15) is 5.69 Å². The van der Waals surface area contributed by atoms with E-state index < -0.39 is 0 Å². The van der Waals surface area contributed by atoms with E-state index in [1.165, 1.54) is 0 Å². The third kappa shape index (κ3) is 3.41. The number of hydrogen-bond donors (Lipinski definition) is 1. The van der Waals surface area contributed by atoms with E-state index in [0.29, 0.717) is 17.5 Å². The average Bonchev–Trinajstić information content (AvgIpc) is 2.60. The van der Waals surface area contributed by atoms with Crippen LogP contribution in [0.25, 0.3) is 10.8 Å². The molecule has 0 atom stereocenters. The second-order valence-corrected chi connectivity index (χ2v) is 6.96. The molecule has 0 unspecified atom stereocenters. The van der Waals surface area contributed by atoms with Gasteiger partial charge in [0.15, 0.2) is 0 Å². The van der Waals surface area contributed by atoms with Crippen molar-refractivity contribution in [1.82, 2.24) is 4.98 Å². The van der Waals surface area contributed by atoms with Crippen molar-refractivity contribution >= 4 is 22.4 Å². The number of nitrogens with one attached hydrogen (secondary N) is 1. The molecule has 0 saturated heterocycles. The van der Waals surface area contributed by atoms with Gasteiger partial charge >= 0.3 is 0 Å². The van der Waals surface area contributed by atoms with Gasteiger partial charge in [-0.1, -0.05) is 70.2 Å². The maximum atomic E-state index is 13.0. The number of carbonyl (C=O) groups is 1. The van der Waals surface area contributed by atoms with Crippen LogP contribution in [0.3, 0.4) is 0 Å².